The van der Waals surface area contributed by atoms with E-state index in [-0.39, 0.29) is 4.70 Å². The Morgan fingerprint density at radius 2 is 0.900 bits per heavy atom. The molecular formula is C8H18AlF. The van der Waals surface area contributed by atoms with Crippen molar-refractivity contribution in [3.63, 3.8) is 0 Å². The number of hydrogen-bond acceptors (Lipinski definition) is 0. The van der Waals surface area contributed by atoms with E-state index in [4.69, 9.17) is 0 Å². The summed E-state index contributed by atoms with van der Waals surface area (Å²) in [5.74, 6) is 0. The Labute approximate surface area is 70.5 Å². The van der Waals surface area contributed by atoms with Crippen molar-refractivity contribution in [2.75, 3.05) is 0 Å². The maximum Gasteiger partial charge on any atom is -1.00 e. The van der Waals surface area contributed by atoms with Gasteiger partial charge in [0.05, 0.1) is 0 Å². The van der Waals surface area contributed by atoms with Crippen LogP contribution in [-0.2, 0) is 0 Å². The molecule has 0 aliphatic carbocycles. The molecule has 0 bridgehead atoms. The number of halogens is 1. The second kappa shape index (κ2) is 3.74. The molecule has 60 valence electrons. The Hall–Kier alpha value is 0.462. The van der Waals surface area contributed by atoms with Gasteiger partial charge in [0.2, 0.25) is 0 Å². The summed E-state index contributed by atoms with van der Waals surface area (Å²) in [5, 5.41) is 0. The summed E-state index contributed by atoms with van der Waals surface area (Å²) in [6, 6.07) is 0. The fourth-order valence-corrected chi connectivity index (χ4v) is 3.90. The van der Waals surface area contributed by atoms with Gasteiger partial charge >= 0.3 is 65.3 Å². The second-order valence-corrected chi connectivity index (χ2v) is 8.63. The minimum Gasteiger partial charge on any atom is -1.00 e. The molecule has 0 unspecified atom stereocenters. The molecule has 0 fully saturated rings. The van der Waals surface area contributed by atoms with Crippen LogP contribution in [0.4, 0.5) is 0 Å². The maximum absolute atomic E-state index is 2.33. The van der Waals surface area contributed by atoms with Crippen molar-refractivity contribution in [2.24, 2.45) is 0 Å². The molecule has 0 rings (SSSR count). The van der Waals surface area contributed by atoms with Gasteiger partial charge in [0, 0.05) is 0 Å². The van der Waals surface area contributed by atoms with Crippen LogP contribution in [0.2, 0.25) is 8.55 Å². The van der Waals surface area contributed by atoms with E-state index in [0.29, 0.717) is 23.8 Å². The van der Waals surface area contributed by atoms with Crippen LogP contribution in [0.5, 0.6) is 0 Å². The third-order valence-electron chi connectivity index (χ3n) is 0.866. The predicted octanol–water partition coefficient (Wildman–Crippen LogP) is 0.131. The van der Waals surface area contributed by atoms with E-state index in [1.807, 2.05) is 0 Å². The summed E-state index contributed by atoms with van der Waals surface area (Å²) in [7, 11) is 0. The molecule has 0 amide bonds. The molecule has 0 aromatic heterocycles. The molecule has 2 heteroatoms. The first-order valence-corrected chi connectivity index (χ1v) is 4.73. The van der Waals surface area contributed by atoms with Gasteiger partial charge in [0.15, 0.2) is 0 Å². The van der Waals surface area contributed by atoms with E-state index in [1.54, 1.807) is 0 Å². The summed E-state index contributed by atoms with van der Waals surface area (Å²) < 4.78 is 1.14. The average molecular weight is 160 g/mol. The minimum absolute atomic E-state index is 0. The van der Waals surface area contributed by atoms with Crippen LogP contribution >= 0.6 is 0 Å². The molecule has 0 saturated carbocycles. The number of rotatable bonds is 0. The molecule has 0 aromatic carbocycles. The van der Waals surface area contributed by atoms with Gasteiger partial charge in [-0.25, -0.2) is 0 Å². The molecule has 0 aliphatic rings. The van der Waals surface area contributed by atoms with Crippen molar-refractivity contribution in [1.82, 2.24) is 0 Å². The van der Waals surface area contributed by atoms with Gasteiger partial charge in [-0.05, 0) is 0 Å². The first-order chi connectivity index (χ1) is 3.71. The van der Waals surface area contributed by atoms with Crippen molar-refractivity contribution < 1.29 is 4.70 Å². The van der Waals surface area contributed by atoms with Crippen molar-refractivity contribution in [3.8, 4) is 0 Å². The fraction of sp³-hybridized carbons (Fsp3) is 1.00. The molecule has 0 nitrogen and oxygen atoms in total. The van der Waals surface area contributed by atoms with Crippen LogP contribution in [0.25, 0.3) is 0 Å². The SMILES string of the molecule is C[C](C)(C)[Al+][C](C)(C)C.[F-]. The first-order valence-electron chi connectivity index (χ1n) is 3.58. The summed E-state index contributed by atoms with van der Waals surface area (Å²) in [6.45, 7) is 14.0. The van der Waals surface area contributed by atoms with E-state index in [2.05, 4.69) is 41.5 Å². The Kier molecular flexibility index (Phi) is 4.89. The first kappa shape index (κ1) is 13.1. The van der Waals surface area contributed by atoms with E-state index in [0.717, 1.165) is 0 Å². The van der Waals surface area contributed by atoms with Crippen LogP contribution in [0.1, 0.15) is 41.5 Å². The van der Waals surface area contributed by atoms with Crippen molar-refractivity contribution in [3.05, 3.63) is 0 Å². The molecule has 0 heterocycles. The van der Waals surface area contributed by atoms with Gasteiger partial charge in [0.25, 0.3) is 0 Å². The molecule has 10 heavy (non-hydrogen) atoms. The standard InChI is InChI=1S/2C4H9.Al.FH/c2*1-4(2)3;;/h2*1-3H3;;1H/q;;+1;/p-1. The predicted molar refractivity (Wildman–Crippen MR) is 45.2 cm³/mol. The Morgan fingerprint density at radius 1 is 0.700 bits per heavy atom. The van der Waals surface area contributed by atoms with Gasteiger partial charge in [-0.15, -0.1) is 0 Å². The van der Waals surface area contributed by atoms with Crippen LogP contribution in [0, 0.1) is 0 Å². The third-order valence-corrected chi connectivity index (χ3v) is 2.60. The molecule has 0 N–H and O–H groups in total. The minimum atomic E-state index is 0. The zero-order valence-electron chi connectivity index (χ0n) is 7.96. The molecule has 0 spiro atoms. The Bertz CT molecular complexity index is 74.4. The molecule has 0 radical (unpaired) electrons. The van der Waals surface area contributed by atoms with Gasteiger partial charge in [-0.1, -0.05) is 0 Å². The van der Waals surface area contributed by atoms with E-state index in [1.165, 1.54) is 0 Å². The van der Waals surface area contributed by atoms with E-state index >= 15 is 0 Å². The van der Waals surface area contributed by atoms with E-state index in [9.17, 15) is 0 Å². The maximum atomic E-state index is 2.33. The van der Waals surface area contributed by atoms with Crippen LogP contribution < -0.4 is 4.70 Å². The Morgan fingerprint density at radius 3 is 0.900 bits per heavy atom. The molecule has 0 atom stereocenters. The average Bonchev–Trinajstić information content (AvgIpc) is 1.14. The zero-order chi connectivity index (χ0) is 7.71. The summed E-state index contributed by atoms with van der Waals surface area (Å²) in [4.78, 5) is 0. The van der Waals surface area contributed by atoms with Crippen LogP contribution in [0.3, 0.4) is 0 Å². The fourth-order valence-electron chi connectivity index (χ4n) is 1.30. The smallest absolute Gasteiger partial charge is 1.00 e. The van der Waals surface area contributed by atoms with Gasteiger partial charge in [-0.3, -0.25) is 0 Å². The van der Waals surface area contributed by atoms with Crippen molar-refractivity contribution in [1.29, 1.82) is 0 Å². The molecule has 0 aliphatic heterocycles. The normalized spacial score (nSPS) is 11.8. The van der Waals surface area contributed by atoms with Gasteiger partial charge < -0.3 is 4.70 Å². The largest absolute Gasteiger partial charge is 1.00 e. The van der Waals surface area contributed by atoms with Crippen LogP contribution in [-0.4, -0.2) is 15.2 Å². The van der Waals surface area contributed by atoms with Gasteiger partial charge in [0.1, 0.15) is 0 Å². The molecule has 0 saturated heterocycles. The van der Waals surface area contributed by atoms with E-state index < -0.39 is 0 Å². The summed E-state index contributed by atoms with van der Waals surface area (Å²) in [5.41, 5.74) is 0. The zero-order valence-corrected chi connectivity index (χ0v) is 9.11. The van der Waals surface area contributed by atoms with Gasteiger partial charge in [-0.2, -0.15) is 0 Å². The summed E-state index contributed by atoms with van der Waals surface area (Å²) in [6.07, 6.45) is 0. The van der Waals surface area contributed by atoms with Crippen molar-refractivity contribution in [2.45, 2.75) is 50.1 Å². The van der Waals surface area contributed by atoms with Crippen LogP contribution in [0.15, 0.2) is 0 Å². The summed E-state index contributed by atoms with van der Waals surface area (Å²) >= 11 is 0.569. The third kappa shape index (κ3) is 11.3. The Balaban J connectivity index is 0. The monoisotopic (exact) mass is 160 g/mol. The molecule has 0 aromatic rings. The topological polar surface area (TPSA) is 0 Å². The second-order valence-electron chi connectivity index (χ2n) is 4.88. The quantitative estimate of drug-likeness (QED) is 0.442. The molecular weight excluding hydrogens is 142 g/mol. The number of hydrogen-bond donors (Lipinski definition) is 0. The van der Waals surface area contributed by atoms with Crippen molar-refractivity contribution >= 4 is 15.2 Å².